The maximum Gasteiger partial charge on any atom is 0.321 e. The highest BCUT2D eigenvalue weighted by Crippen LogP contribution is 2.22. The van der Waals surface area contributed by atoms with Gasteiger partial charge in [0.2, 0.25) is 0 Å². The van der Waals surface area contributed by atoms with Crippen LogP contribution in [-0.2, 0) is 0 Å². The van der Waals surface area contributed by atoms with Gasteiger partial charge in [0.05, 0.1) is 0 Å². The number of anilines is 1. The van der Waals surface area contributed by atoms with Crippen molar-refractivity contribution in [1.29, 1.82) is 0 Å². The fourth-order valence-corrected chi connectivity index (χ4v) is 2.70. The van der Waals surface area contributed by atoms with Crippen molar-refractivity contribution in [2.24, 2.45) is 0 Å². The molecule has 19 heavy (non-hydrogen) atoms. The van der Waals surface area contributed by atoms with Gasteiger partial charge in [-0.05, 0) is 37.6 Å². The van der Waals surface area contributed by atoms with E-state index in [9.17, 15) is 4.79 Å². The Morgan fingerprint density at radius 1 is 1.42 bits per heavy atom. The number of carbonyl (C=O) groups excluding carboxylic acids is 1. The molecule has 0 saturated carbocycles. The van der Waals surface area contributed by atoms with E-state index in [-0.39, 0.29) is 6.03 Å². The monoisotopic (exact) mass is 301 g/mol. The molecule has 0 radical (unpaired) electrons. The molecule has 1 heterocycles. The minimum absolute atomic E-state index is 0.160. The Labute approximate surface area is 123 Å². The third-order valence-electron chi connectivity index (χ3n) is 3.12. The molecule has 1 unspecified atom stereocenters. The Bertz CT molecular complexity index is 441. The molecule has 2 amide bonds. The standard InChI is InChI=1S/C13H17Cl2N3O/c1-18(8-11-3-2-4-16-11)13(19)17-12-6-9(14)5-10(15)7-12/h5-7,11,16H,2-4,8H2,1H3,(H,17,19). The van der Waals surface area contributed by atoms with Crippen molar-refractivity contribution in [3.8, 4) is 0 Å². The predicted molar refractivity (Wildman–Crippen MR) is 79.1 cm³/mol. The summed E-state index contributed by atoms with van der Waals surface area (Å²) >= 11 is 11.8. The lowest BCUT2D eigenvalue weighted by atomic mass is 10.2. The Morgan fingerprint density at radius 3 is 2.68 bits per heavy atom. The lowest BCUT2D eigenvalue weighted by Crippen LogP contribution is -2.40. The fourth-order valence-electron chi connectivity index (χ4n) is 2.17. The van der Waals surface area contributed by atoms with E-state index in [4.69, 9.17) is 23.2 Å². The molecule has 1 aliphatic heterocycles. The number of hydrogen-bond donors (Lipinski definition) is 2. The number of hydrogen-bond acceptors (Lipinski definition) is 2. The van der Waals surface area contributed by atoms with Crippen molar-refractivity contribution in [3.63, 3.8) is 0 Å². The van der Waals surface area contributed by atoms with Crippen LogP contribution in [0.25, 0.3) is 0 Å². The minimum atomic E-state index is -0.160. The van der Waals surface area contributed by atoms with Crippen LogP contribution in [0.3, 0.4) is 0 Å². The lowest BCUT2D eigenvalue weighted by Gasteiger charge is -2.21. The van der Waals surface area contributed by atoms with Gasteiger partial charge in [0.1, 0.15) is 0 Å². The highest BCUT2D eigenvalue weighted by Gasteiger charge is 2.18. The van der Waals surface area contributed by atoms with Crippen molar-refractivity contribution in [2.45, 2.75) is 18.9 Å². The van der Waals surface area contributed by atoms with Crippen molar-refractivity contribution in [2.75, 3.05) is 25.5 Å². The van der Waals surface area contributed by atoms with E-state index in [1.54, 1.807) is 30.1 Å². The van der Waals surface area contributed by atoms with Crippen LogP contribution in [0.2, 0.25) is 10.0 Å². The summed E-state index contributed by atoms with van der Waals surface area (Å²) in [4.78, 5) is 13.7. The van der Waals surface area contributed by atoms with Crippen LogP contribution >= 0.6 is 23.2 Å². The Hall–Kier alpha value is -0.970. The highest BCUT2D eigenvalue weighted by atomic mass is 35.5. The Morgan fingerprint density at radius 2 is 2.11 bits per heavy atom. The number of amides is 2. The Kier molecular flexibility index (Phi) is 4.91. The van der Waals surface area contributed by atoms with Crippen LogP contribution in [0.15, 0.2) is 18.2 Å². The van der Waals surface area contributed by atoms with Crippen LogP contribution in [0, 0.1) is 0 Å². The van der Waals surface area contributed by atoms with Crippen molar-refractivity contribution < 1.29 is 4.79 Å². The van der Waals surface area contributed by atoms with Gasteiger partial charge in [0.15, 0.2) is 0 Å². The second-order valence-corrected chi connectivity index (χ2v) is 5.63. The molecule has 0 spiro atoms. The van der Waals surface area contributed by atoms with Gasteiger partial charge < -0.3 is 15.5 Å². The van der Waals surface area contributed by atoms with Crippen LogP contribution in [0.5, 0.6) is 0 Å². The molecule has 0 aliphatic carbocycles. The Balaban J connectivity index is 1.91. The van der Waals surface area contributed by atoms with Gasteiger partial charge in [-0.25, -0.2) is 4.79 Å². The molecule has 1 aromatic carbocycles. The van der Waals surface area contributed by atoms with Gasteiger partial charge >= 0.3 is 6.03 Å². The molecule has 4 nitrogen and oxygen atoms in total. The first-order valence-corrected chi connectivity index (χ1v) is 7.02. The summed E-state index contributed by atoms with van der Waals surface area (Å²) in [6.45, 7) is 1.73. The molecule has 2 N–H and O–H groups in total. The molecular weight excluding hydrogens is 285 g/mol. The maximum absolute atomic E-state index is 12.0. The zero-order valence-electron chi connectivity index (χ0n) is 10.7. The largest absolute Gasteiger partial charge is 0.326 e. The van der Waals surface area contributed by atoms with E-state index < -0.39 is 0 Å². The van der Waals surface area contributed by atoms with Crippen LogP contribution < -0.4 is 10.6 Å². The molecule has 6 heteroatoms. The van der Waals surface area contributed by atoms with Crippen molar-refractivity contribution in [3.05, 3.63) is 28.2 Å². The number of urea groups is 1. The third-order valence-corrected chi connectivity index (χ3v) is 3.55. The number of benzene rings is 1. The smallest absolute Gasteiger partial charge is 0.321 e. The molecule has 1 aromatic rings. The van der Waals surface area contributed by atoms with E-state index in [2.05, 4.69) is 10.6 Å². The average Bonchev–Trinajstić information content (AvgIpc) is 2.80. The molecular formula is C13H17Cl2N3O. The second-order valence-electron chi connectivity index (χ2n) is 4.76. The summed E-state index contributed by atoms with van der Waals surface area (Å²) in [7, 11) is 1.78. The summed E-state index contributed by atoms with van der Waals surface area (Å²) < 4.78 is 0. The van der Waals surface area contributed by atoms with E-state index >= 15 is 0 Å². The summed E-state index contributed by atoms with van der Waals surface area (Å²) in [5, 5.41) is 7.15. The molecule has 0 aromatic heterocycles. The normalized spacial score (nSPS) is 18.4. The van der Waals surface area contributed by atoms with Gasteiger partial charge in [-0.15, -0.1) is 0 Å². The number of nitrogens with one attached hydrogen (secondary N) is 2. The lowest BCUT2D eigenvalue weighted by molar-refractivity contribution is 0.218. The number of halogens is 2. The zero-order valence-corrected chi connectivity index (χ0v) is 12.3. The minimum Gasteiger partial charge on any atom is -0.326 e. The van der Waals surface area contributed by atoms with Crippen LogP contribution in [0.4, 0.5) is 10.5 Å². The zero-order chi connectivity index (χ0) is 13.8. The highest BCUT2D eigenvalue weighted by molar-refractivity contribution is 6.35. The van der Waals surface area contributed by atoms with Gasteiger partial charge in [0.25, 0.3) is 0 Å². The summed E-state index contributed by atoms with van der Waals surface area (Å²) in [5.41, 5.74) is 0.605. The molecule has 0 bridgehead atoms. The quantitative estimate of drug-likeness (QED) is 0.900. The van der Waals surface area contributed by atoms with E-state index in [0.717, 1.165) is 13.0 Å². The topological polar surface area (TPSA) is 44.4 Å². The van der Waals surface area contributed by atoms with Gasteiger partial charge in [-0.1, -0.05) is 23.2 Å². The number of carbonyl (C=O) groups is 1. The molecule has 1 aliphatic rings. The number of likely N-dealkylation sites (N-methyl/N-ethyl adjacent to an activating group) is 1. The first kappa shape index (κ1) is 14.4. The average molecular weight is 302 g/mol. The molecule has 1 saturated heterocycles. The first-order valence-electron chi connectivity index (χ1n) is 6.26. The van der Waals surface area contributed by atoms with Gasteiger partial charge in [-0.3, -0.25) is 0 Å². The van der Waals surface area contributed by atoms with E-state index in [1.165, 1.54) is 6.42 Å². The molecule has 104 valence electrons. The summed E-state index contributed by atoms with van der Waals surface area (Å²) in [6.07, 6.45) is 2.28. The van der Waals surface area contributed by atoms with Crippen LogP contribution in [0.1, 0.15) is 12.8 Å². The molecule has 2 rings (SSSR count). The van der Waals surface area contributed by atoms with E-state index in [0.29, 0.717) is 28.3 Å². The fraction of sp³-hybridized carbons (Fsp3) is 0.462. The van der Waals surface area contributed by atoms with Crippen LogP contribution in [-0.4, -0.2) is 37.1 Å². The second kappa shape index (κ2) is 6.46. The third kappa shape index (κ3) is 4.27. The first-order chi connectivity index (χ1) is 9.04. The van der Waals surface area contributed by atoms with Crippen molar-refractivity contribution >= 4 is 34.9 Å². The summed E-state index contributed by atoms with van der Waals surface area (Å²) in [6, 6.07) is 5.20. The molecule has 1 atom stereocenters. The van der Waals surface area contributed by atoms with E-state index in [1.807, 2.05) is 0 Å². The molecule has 1 fully saturated rings. The van der Waals surface area contributed by atoms with Crippen molar-refractivity contribution in [1.82, 2.24) is 10.2 Å². The maximum atomic E-state index is 12.0. The summed E-state index contributed by atoms with van der Waals surface area (Å²) in [5.74, 6) is 0. The predicted octanol–water partition coefficient (Wildman–Crippen LogP) is 3.21. The number of rotatable bonds is 3. The van der Waals surface area contributed by atoms with Gasteiger partial charge in [-0.2, -0.15) is 0 Å². The number of nitrogens with zero attached hydrogens (tertiary/aromatic N) is 1. The van der Waals surface area contributed by atoms with Gasteiger partial charge in [0, 0.05) is 35.4 Å². The SMILES string of the molecule is CN(CC1CCCN1)C(=O)Nc1cc(Cl)cc(Cl)c1.